The van der Waals surface area contributed by atoms with Crippen molar-refractivity contribution in [1.82, 2.24) is 34.8 Å². The fourth-order valence-electron chi connectivity index (χ4n) is 11.2. The standard InChI is InChI=1S/C15H16N4O3S2.C14H12N4OS.C13H13N3O2S.C13H15N3OS.C12H11N3O2S.C11H9N3OS/c16-14-11-8-10(23-13(11)12(9-18-14)15(17)20)2-1-3-19-4-6-24(21,22)7-5-19;15-6-4-2-1-3-5-9-7-10-12(20-9)11(14(17)19)8-18-13(10)16;14-12-9-6-8(4-2-1-3-5-17)19-11(9)10(7-16-12)13(15)18;14-12-8-5-10(7-3-1-2-4-7)18-11(8)9(6-16-12)13(15)17;1-17-4-2-3-7-5-8-10(18-7)9(12(14)16)6-15-11(8)13;1-2-3-6-4-7-9(16-6)8(11(13)15)5-14-10(7)12/h8-9H,3-7H2,(H2,16,18)(H2,17,20);7-8H,1-2,4H2,(H2,16,18)(H2,17,19);6-7,17H,1,3,5H2,(H2,14,16)(H2,15,18);5-7H,1-4H2,(H2,14,16)(H2,15,17);5-6H,4H2,1H3,(H2,13,15)(H2,14,16);4-5H,1H3,(H2,12,14)(H2,13,15). The number of fused-ring (bicyclic) bond motifs is 6. The first-order valence-electron chi connectivity index (χ1n) is 34.7. The van der Waals surface area contributed by atoms with Crippen LogP contribution in [0.15, 0.2) is 73.6 Å². The van der Waals surface area contributed by atoms with Crippen molar-refractivity contribution in [2.24, 2.45) is 34.4 Å². The van der Waals surface area contributed by atoms with Gasteiger partial charge in [0.05, 0.1) is 110 Å². The van der Waals surface area contributed by atoms with Crippen LogP contribution in [0.1, 0.15) is 162 Å². The van der Waals surface area contributed by atoms with E-state index < -0.39 is 45.3 Å². The number of hydrogen-bond donors (Lipinski definition) is 13. The second-order valence-electron chi connectivity index (χ2n) is 25.0. The van der Waals surface area contributed by atoms with E-state index in [1.54, 1.807) is 43.6 Å². The van der Waals surface area contributed by atoms with Crippen LogP contribution in [0.3, 0.4) is 0 Å². The van der Waals surface area contributed by atoms with Crippen molar-refractivity contribution in [3.63, 3.8) is 0 Å². The van der Waals surface area contributed by atoms with Gasteiger partial charge in [-0.15, -0.1) is 73.9 Å². The summed E-state index contributed by atoms with van der Waals surface area (Å²) < 4.78 is 32.1. The summed E-state index contributed by atoms with van der Waals surface area (Å²) in [6.45, 7) is 3.74. The molecule has 30 nitrogen and oxygen atoms in total. The summed E-state index contributed by atoms with van der Waals surface area (Å²) in [4.78, 5) is 99.2. The van der Waals surface area contributed by atoms with Crippen molar-refractivity contribution in [2.75, 3.05) is 85.9 Å². The minimum absolute atomic E-state index is 0.129. The predicted molar refractivity (Wildman–Crippen MR) is 459 cm³/mol. The number of carbonyl (C=O) groups excluding carboxylic acids is 6. The Bertz CT molecular complexity index is 6250. The molecule has 2 aliphatic rings. The highest BCUT2D eigenvalue weighted by Gasteiger charge is 2.24. The Labute approximate surface area is 683 Å². The van der Waals surface area contributed by atoms with Crippen molar-refractivity contribution < 1.29 is 47.0 Å². The third-order valence-corrected chi connectivity index (χ3v) is 25.3. The fraction of sp³-hybridized carbons (Fsp3) is 0.244. The second kappa shape index (κ2) is 40.2. The highest BCUT2D eigenvalue weighted by Crippen LogP contribution is 2.43. The molecule has 0 radical (unpaired) electrons. The number of nitrogens with zero attached hydrogens (tertiary/aromatic N) is 8. The summed E-state index contributed by atoms with van der Waals surface area (Å²) in [6.07, 6.45) is 16.7. The predicted octanol–water partition coefficient (Wildman–Crippen LogP) is 8.14. The summed E-state index contributed by atoms with van der Waals surface area (Å²) in [5.41, 5.74) is 69.0. The molecular weight excluding hydrogens is 1600 g/mol. The molecule has 1 saturated heterocycles. The molecule has 2 fully saturated rings. The molecular formula is C78H76N20O10S7. The van der Waals surface area contributed by atoms with Crippen molar-refractivity contribution in [3.8, 4) is 65.3 Å². The third kappa shape index (κ3) is 22.4. The Balaban J connectivity index is 0.000000159. The third-order valence-electron chi connectivity index (χ3n) is 17.0. The number of aliphatic hydroxyl groups excluding tert-OH is 1. The number of nitriles is 1. The Morgan fingerprint density at radius 2 is 0.765 bits per heavy atom. The first-order chi connectivity index (χ1) is 55.0. The Morgan fingerprint density at radius 3 is 1.08 bits per heavy atom. The lowest BCUT2D eigenvalue weighted by Crippen LogP contribution is -2.40. The smallest absolute Gasteiger partial charge is 0.251 e. The van der Waals surface area contributed by atoms with Gasteiger partial charge in [-0.25, -0.2) is 38.3 Å². The number of rotatable bonds is 13. The molecule has 0 spiro atoms. The highest BCUT2D eigenvalue weighted by atomic mass is 32.2. The molecule has 1 aliphatic carbocycles. The maximum atomic E-state index is 11.5. The lowest BCUT2D eigenvalue weighted by Gasteiger charge is -2.24. The van der Waals surface area contributed by atoms with Gasteiger partial charge in [-0.05, 0) is 74.9 Å². The van der Waals surface area contributed by atoms with Gasteiger partial charge in [-0.1, -0.05) is 66.1 Å². The summed E-state index contributed by atoms with van der Waals surface area (Å²) in [5.74, 6) is 29.7. The van der Waals surface area contributed by atoms with Crippen molar-refractivity contribution in [2.45, 2.75) is 70.6 Å². The Kier molecular flexibility index (Phi) is 30.2. The number of thiophene rings is 6. The number of aromatic nitrogens is 6. The van der Waals surface area contributed by atoms with E-state index in [1.807, 2.05) is 17.0 Å². The normalized spacial score (nSPS) is 12.5. The van der Waals surface area contributed by atoms with Gasteiger partial charge in [0.1, 0.15) is 41.5 Å². The number of ether oxygens (including phenoxy) is 1. The highest BCUT2D eigenvalue weighted by molar-refractivity contribution is 7.91. The second-order valence-corrected chi connectivity index (χ2v) is 33.6. The fourth-order valence-corrected chi connectivity index (χ4v) is 19.2. The molecule has 0 unspecified atom stereocenters. The zero-order valence-electron chi connectivity index (χ0n) is 61.8. The zero-order valence-corrected chi connectivity index (χ0v) is 67.5. The van der Waals surface area contributed by atoms with Crippen molar-refractivity contribution in [1.29, 1.82) is 5.26 Å². The van der Waals surface area contributed by atoms with Crippen molar-refractivity contribution in [3.05, 3.63) is 136 Å². The van der Waals surface area contributed by atoms with Crippen LogP contribution in [0.5, 0.6) is 0 Å². The number of primary amides is 6. The van der Waals surface area contributed by atoms with Crippen LogP contribution in [0.4, 0.5) is 34.9 Å². The molecule has 13 heterocycles. The van der Waals surface area contributed by atoms with Crippen molar-refractivity contribution >= 4 is 209 Å². The number of amides is 6. The van der Waals surface area contributed by atoms with E-state index in [1.165, 1.54) is 124 Å². The van der Waals surface area contributed by atoms with Crippen LogP contribution in [0.25, 0.3) is 60.5 Å². The van der Waals surface area contributed by atoms with Gasteiger partial charge in [0.2, 0.25) is 0 Å². The summed E-state index contributed by atoms with van der Waals surface area (Å²) in [7, 11) is -1.30. The first-order valence-corrected chi connectivity index (χ1v) is 41.4. The van der Waals surface area contributed by atoms with E-state index in [0.29, 0.717) is 162 Å². The van der Waals surface area contributed by atoms with Gasteiger partial charge < -0.3 is 78.6 Å². The molecule has 1 saturated carbocycles. The molecule has 0 aromatic carbocycles. The molecule has 14 rings (SSSR count). The van der Waals surface area contributed by atoms with E-state index in [0.717, 1.165) is 55.7 Å². The summed E-state index contributed by atoms with van der Waals surface area (Å²) >= 11 is 8.49. The van der Waals surface area contributed by atoms with E-state index in [-0.39, 0.29) is 18.1 Å². The number of anilines is 6. The summed E-state index contributed by atoms with van der Waals surface area (Å²) in [5, 5.41) is 21.5. The first kappa shape index (κ1) is 86.4. The average molecular weight is 1680 g/mol. The average Bonchev–Trinajstić information content (AvgIpc) is 1.69. The van der Waals surface area contributed by atoms with Crippen LogP contribution in [-0.4, -0.2) is 135 Å². The van der Waals surface area contributed by atoms with Gasteiger partial charge in [0.25, 0.3) is 35.4 Å². The molecule has 1 aliphatic heterocycles. The lowest BCUT2D eigenvalue weighted by molar-refractivity contribution is 0.0993. The summed E-state index contributed by atoms with van der Waals surface area (Å²) in [6, 6.07) is 13.2. The molecule has 590 valence electrons. The number of sulfone groups is 1. The minimum atomic E-state index is -2.88. The maximum absolute atomic E-state index is 11.5. The largest absolute Gasteiger partial charge is 0.396 e. The molecule has 0 bridgehead atoms. The topological polar surface area (TPSA) is 583 Å². The molecule has 37 heteroatoms. The van der Waals surface area contributed by atoms with Crippen LogP contribution >= 0.6 is 68.0 Å². The SMILES string of the molecule is CC#Cc1cc2c(N)ncc(C(N)=O)c2s1.COCC#Cc1cc2c(N)ncc(C(N)=O)c2s1.N#CCCCC#Cc1cc2c(N)ncc(C(N)=O)c2s1.NC(=O)c1cnc(N)c2cc(C#CCCCO)sc12.NC(=O)c1cnc(N)c2cc(C#CCN3CCS(=O)(=O)CC3)sc12.NC(=O)c1cnc(N)c2cc(C3CCCC3)sc12. The number of pyridine rings is 6. The monoisotopic (exact) mass is 1680 g/mol. The number of aliphatic hydroxyl groups is 1. The zero-order chi connectivity index (χ0) is 83.2. The van der Waals surface area contributed by atoms with E-state index in [2.05, 4.69) is 101 Å². The molecule has 12 aromatic rings. The molecule has 25 N–H and O–H groups in total. The van der Waals surface area contributed by atoms with Gasteiger partial charge in [0, 0.05) is 120 Å². The van der Waals surface area contributed by atoms with Gasteiger partial charge >= 0.3 is 0 Å². The van der Waals surface area contributed by atoms with Gasteiger partial charge in [0.15, 0.2) is 9.84 Å². The minimum Gasteiger partial charge on any atom is -0.396 e. The van der Waals surface area contributed by atoms with E-state index >= 15 is 0 Å². The van der Waals surface area contributed by atoms with Crippen LogP contribution in [0, 0.1) is 70.5 Å². The number of hydrogen-bond acceptors (Lipinski definition) is 30. The van der Waals surface area contributed by atoms with Crippen LogP contribution in [-0.2, 0) is 14.6 Å². The number of nitrogen functional groups attached to an aromatic ring is 6. The molecule has 115 heavy (non-hydrogen) atoms. The Hall–Kier alpha value is -12.6. The number of carbonyl (C=O) groups is 6. The van der Waals surface area contributed by atoms with Crippen LogP contribution in [0.2, 0.25) is 0 Å². The van der Waals surface area contributed by atoms with Gasteiger partial charge in [-0.3, -0.25) is 33.7 Å². The van der Waals surface area contributed by atoms with Crippen LogP contribution < -0.4 is 68.8 Å². The lowest BCUT2D eigenvalue weighted by atomic mass is 10.1. The quantitative estimate of drug-likeness (QED) is 0.0382. The number of unbranched alkanes of at least 4 members (excludes halogenated alkanes) is 3. The number of nitrogens with two attached hydrogens (primary N) is 12. The number of methoxy groups -OCH3 is 1. The van der Waals surface area contributed by atoms with E-state index in [9.17, 15) is 37.2 Å². The molecule has 6 amide bonds. The molecule has 12 aromatic heterocycles. The van der Waals surface area contributed by atoms with E-state index in [4.69, 9.17) is 83.9 Å². The molecule has 0 atom stereocenters. The Morgan fingerprint density at radius 1 is 0.461 bits per heavy atom. The van der Waals surface area contributed by atoms with Gasteiger partial charge in [-0.2, -0.15) is 5.26 Å². The maximum Gasteiger partial charge on any atom is 0.251 e.